The van der Waals surface area contributed by atoms with Crippen molar-refractivity contribution in [2.75, 3.05) is 50.8 Å². The molecule has 2 aliphatic rings. The molecule has 3 heterocycles. The van der Waals surface area contributed by atoms with E-state index in [1.807, 2.05) is 18.2 Å². The average molecular weight is 490 g/mol. The molecular weight excluding hydrogens is 454 g/mol. The third-order valence-electron chi connectivity index (χ3n) is 7.14. The molecule has 184 valence electrons. The van der Waals surface area contributed by atoms with Crippen LogP contribution in [0.4, 0.5) is 11.4 Å². The van der Waals surface area contributed by atoms with Gasteiger partial charge < -0.3 is 10.2 Å². The van der Waals surface area contributed by atoms with E-state index in [9.17, 15) is 4.21 Å². The first-order valence-electron chi connectivity index (χ1n) is 12.6. The summed E-state index contributed by atoms with van der Waals surface area (Å²) in [6.07, 6.45) is 2.74. The van der Waals surface area contributed by atoms with Gasteiger partial charge in [0.25, 0.3) is 0 Å². The predicted molar refractivity (Wildman–Crippen MR) is 143 cm³/mol. The molecule has 5 rings (SSSR count). The largest absolute Gasteiger partial charge is 0.338 e. The number of nitrogens with zero attached hydrogens (tertiary/aromatic N) is 4. The van der Waals surface area contributed by atoms with Crippen molar-refractivity contribution in [1.29, 1.82) is 0 Å². The van der Waals surface area contributed by atoms with E-state index in [0.29, 0.717) is 5.03 Å². The number of piperazine rings is 1. The second-order valence-electron chi connectivity index (χ2n) is 9.49. The van der Waals surface area contributed by atoms with Crippen LogP contribution in [0.3, 0.4) is 0 Å². The molecule has 1 fully saturated rings. The van der Waals surface area contributed by atoms with Crippen molar-refractivity contribution >= 4 is 22.2 Å². The van der Waals surface area contributed by atoms with Crippen LogP contribution in [0.25, 0.3) is 0 Å². The normalized spacial score (nSPS) is 18.3. The molecule has 0 radical (unpaired) electrons. The first-order chi connectivity index (χ1) is 17.1. The van der Waals surface area contributed by atoms with Crippen molar-refractivity contribution in [2.45, 2.75) is 36.7 Å². The second-order valence-corrected chi connectivity index (χ2v) is 10.9. The standard InChI is InChI=1S/C28H35N5OS/c1-22-11-12-26-27(23(22)2)33(25-10-6-14-30-28(25)35(26)34)15-7-13-29-21-32-18-16-31(17-19-32)20-24-8-4-3-5-9-24/h3-6,8-12,14,29H,7,13,15-21H2,1-2H3. The van der Waals surface area contributed by atoms with Gasteiger partial charge in [0.05, 0.1) is 16.3 Å². The molecule has 1 N–H and O–H groups in total. The Kier molecular flexibility index (Phi) is 7.58. The molecule has 1 atom stereocenters. The summed E-state index contributed by atoms with van der Waals surface area (Å²) in [6.45, 7) is 12.5. The quantitative estimate of drug-likeness (QED) is 0.482. The first-order valence-corrected chi connectivity index (χ1v) is 13.7. The van der Waals surface area contributed by atoms with Crippen molar-refractivity contribution in [1.82, 2.24) is 20.1 Å². The maximum Gasteiger partial charge on any atom is 0.155 e. The Hall–Kier alpha value is -2.58. The highest BCUT2D eigenvalue weighted by atomic mass is 32.2. The maximum atomic E-state index is 13.2. The number of aryl methyl sites for hydroxylation is 1. The lowest BCUT2D eigenvalue weighted by atomic mass is 10.1. The molecule has 35 heavy (non-hydrogen) atoms. The van der Waals surface area contributed by atoms with Gasteiger partial charge in [-0.1, -0.05) is 36.4 Å². The predicted octanol–water partition coefficient (Wildman–Crippen LogP) is 4.07. The first kappa shape index (κ1) is 24.1. The van der Waals surface area contributed by atoms with Gasteiger partial charge in [0, 0.05) is 52.1 Å². The number of fused-ring (bicyclic) bond motifs is 2. The van der Waals surface area contributed by atoms with Crippen LogP contribution in [0.15, 0.2) is 70.7 Å². The van der Waals surface area contributed by atoms with E-state index in [-0.39, 0.29) is 0 Å². The van der Waals surface area contributed by atoms with E-state index in [0.717, 1.165) is 75.2 Å². The van der Waals surface area contributed by atoms with Gasteiger partial charge in [0.15, 0.2) is 5.03 Å². The Bertz CT molecular complexity index is 1180. The van der Waals surface area contributed by atoms with Crippen LogP contribution in [-0.2, 0) is 17.3 Å². The molecular formula is C28H35N5OS. The van der Waals surface area contributed by atoms with Gasteiger partial charge in [-0.2, -0.15) is 0 Å². The molecule has 0 aliphatic carbocycles. The molecule has 3 aromatic rings. The van der Waals surface area contributed by atoms with Crippen LogP contribution in [0, 0.1) is 13.8 Å². The third kappa shape index (κ3) is 5.33. The highest BCUT2D eigenvalue weighted by molar-refractivity contribution is 7.85. The smallest absolute Gasteiger partial charge is 0.155 e. The van der Waals surface area contributed by atoms with Gasteiger partial charge in [-0.3, -0.25) is 9.80 Å². The van der Waals surface area contributed by atoms with Gasteiger partial charge in [0.1, 0.15) is 10.8 Å². The van der Waals surface area contributed by atoms with E-state index in [4.69, 9.17) is 0 Å². The molecule has 1 aromatic heterocycles. The topological polar surface area (TPSA) is 51.7 Å². The minimum atomic E-state index is -1.24. The lowest BCUT2D eigenvalue weighted by Gasteiger charge is -2.35. The number of hydrogen-bond acceptors (Lipinski definition) is 6. The van der Waals surface area contributed by atoms with Gasteiger partial charge >= 0.3 is 0 Å². The Morgan fingerprint density at radius 2 is 1.71 bits per heavy atom. The molecule has 2 aromatic carbocycles. The summed E-state index contributed by atoms with van der Waals surface area (Å²) < 4.78 is 13.2. The van der Waals surface area contributed by atoms with Crippen molar-refractivity contribution < 1.29 is 4.21 Å². The van der Waals surface area contributed by atoms with E-state index >= 15 is 0 Å². The van der Waals surface area contributed by atoms with Crippen LogP contribution >= 0.6 is 0 Å². The van der Waals surface area contributed by atoms with Crippen LogP contribution in [-0.4, -0.2) is 64.9 Å². The maximum absolute atomic E-state index is 13.2. The Morgan fingerprint density at radius 3 is 2.51 bits per heavy atom. The van der Waals surface area contributed by atoms with Gasteiger partial charge in [-0.15, -0.1) is 0 Å². The number of pyridine rings is 1. The Labute approximate surface area is 211 Å². The minimum absolute atomic E-state index is 0.671. The van der Waals surface area contributed by atoms with Crippen molar-refractivity contribution in [3.05, 3.63) is 77.5 Å². The second kappa shape index (κ2) is 11.0. The van der Waals surface area contributed by atoms with Gasteiger partial charge in [0.2, 0.25) is 0 Å². The van der Waals surface area contributed by atoms with Crippen LogP contribution in [0.5, 0.6) is 0 Å². The zero-order chi connectivity index (χ0) is 24.2. The fraction of sp³-hybridized carbons (Fsp3) is 0.393. The van der Waals surface area contributed by atoms with Crippen LogP contribution < -0.4 is 10.2 Å². The van der Waals surface area contributed by atoms with Gasteiger partial charge in [-0.05, 0) is 61.7 Å². The van der Waals surface area contributed by atoms with E-state index in [2.05, 4.69) is 75.2 Å². The highest BCUT2D eigenvalue weighted by Gasteiger charge is 2.30. The number of benzene rings is 2. The summed E-state index contributed by atoms with van der Waals surface area (Å²) in [5.74, 6) is 0. The summed E-state index contributed by atoms with van der Waals surface area (Å²) >= 11 is 0. The Balaban J connectivity index is 1.13. The summed E-state index contributed by atoms with van der Waals surface area (Å²) in [4.78, 5) is 12.7. The van der Waals surface area contributed by atoms with Crippen molar-refractivity contribution in [2.24, 2.45) is 0 Å². The summed E-state index contributed by atoms with van der Waals surface area (Å²) in [5.41, 5.74) is 5.89. The molecule has 1 saturated heterocycles. The summed E-state index contributed by atoms with van der Waals surface area (Å²) in [6, 6.07) is 18.8. The van der Waals surface area contributed by atoms with Crippen molar-refractivity contribution in [3.63, 3.8) is 0 Å². The van der Waals surface area contributed by atoms with E-state index in [1.54, 1.807) is 6.20 Å². The molecule has 0 amide bonds. The number of hydrogen-bond donors (Lipinski definition) is 1. The molecule has 2 aliphatic heterocycles. The lowest BCUT2D eigenvalue weighted by molar-refractivity contribution is 0.120. The highest BCUT2D eigenvalue weighted by Crippen LogP contribution is 2.43. The fourth-order valence-electron chi connectivity index (χ4n) is 5.00. The molecule has 0 bridgehead atoms. The average Bonchev–Trinajstić information content (AvgIpc) is 2.89. The van der Waals surface area contributed by atoms with E-state index < -0.39 is 10.8 Å². The molecule has 0 saturated carbocycles. The number of aromatic nitrogens is 1. The molecule has 0 spiro atoms. The zero-order valence-corrected chi connectivity index (χ0v) is 21.6. The molecule has 6 nitrogen and oxygen atoms in total. The number of anilines is 2. The summed E-state index contributed by atoms with van der Waals surface area (Å²) in [5, 5.41) is 4.32. The summed E-state index contributed by atoms with van der Waals surface area (Å²) in [7, 11) is -1.24. The van der Waals surface area contributed by atoms with Gasteiger partial charge in [-0.25, -0.2) is 9.19 Å². The lowest BCUT2D eigenvalue weighted by Crippen LogP contribution is -2.48. The molecule has 1 unspecified atom stereocenters. The fourth-order valence-corrected chi connectivity index (χ4v) is 6.36. The van der Waals surface area contributed by atoms with E-state index in [1.165, 1.54) is 16.7 Å². The molecule has 7 heteroatoms. The van der Waals surface area contributed by atoms with Crippen LogP contribution in [0.2, 0.25) is 0 Å². The number of nitrogens with one attached hydrogen (secondary N) is 1. The SMILES string of the molecule is Cc1ccc2c(c1C)N(CCCNCN1CCN(Cc3ccccc3)CC1)c1cccnc1S2=O. The monoisotopic (exact) mass is 489 g/mol. The number of rotatable bonds is 8. The minimum Gasteiger partial charge on any atom is -0.338 e. The Morgan fingerprint density at radius 1 is 0.943 bits per heavy atom. The third-order valence-corrected chi connectivity index (χ3v) is 8.53. The zero-order valence-electron chi connectivity index (χ0n) is 20.7. The van der Waals surface area contributed by atoms with Crippen molar-refractivity contribution in [3.8, 4) is 0 Å². The van der Waals surface area contributed by atoms with Crippen LogP contribution in [0.1, 0.15) is 23.1 Å².